The lowest BCUT2D eigenvalue weighted by Gasteiger charge is -2.06. The van der Waals surface area contributed by atoms with Gasteiger partial charge in [-0.2, -0.15) is 0 Å². The average Bonchev–Trinajstić information content (AvgIpc) is 2.47. The van der Waals surface area contributed by atoms with Crippen LogP contribution in [0.3, 0.4) is 0 Å². The molecular weight excluding hydrogens is 300 g/mol. The number of carbonyl (C=O) groups is 1. The number of carbonyl (C=O) groups excluding carboxylic acids is 1. The Hall–Kier alpha value is -1.30. The van der Waals surface area contributed by atoms with E-state index in [0.29, 0.717) is 17.9 Å². The Morgan fingerprint density at radius 3 is 2.64 bits per heavy atom. The lowest BCUT2D eigenvalue weighted by atomic mass is 10.1. The molecule has 22 heavy (non-hydrogen) atoms. The van der Waals surface area contributed by atoms with Crippen LogP contribution in [0.2, 0.25) is 0 Å². The third kappa shape index (κ3) is 7.64. The van der Waals surface area contributed by atoms with E-state index in [4.69, 9.17) is 9.47 Å². The highest BCUT2D eigenvalue weighted by molar-refractivity contribution is 7.85. The molecule has 0 aliphatic carbocycles. The number of Topliss-reactive ketones (excluding diaryl/α,β-unsaturated/α-hetero) is 1. The minimum Gasteiger partial charge on any atom is -0.359 e. The van der Waals surface area contributed by atoms with Crippen LogP contribution in [0.5, 0.6) is 0 Å². The standard InChI is InChI=1S/C17H24O4S/c1-14-6-8-17(9-7-14)22(19)12-16(18)11-15(2)5-4-10-21-13-20-3/h4-9,15H,10-13H2,1-3H3/b5-4+/t15-,22?/m1/s1. The predicted molar refractivity (Wildman–Crippen MR) is 88.2 cm³/mol. The monoisotopic (exact) mass is 324 g/mol. The van der Waals surface area contributed by atoms with E-state index in [-0.39, 0.29) is 24.2 Å². The van der Waals surface area contributed by atoms with Gasteiger partial charge in [-0.15, -0.1) is 0 Å². The SMILES string of the molecule is COCOC/C=C/[C@@H](C)CC(=O)CS(=O)c1ccc(C)cc1. The fourth-order valence-electron chi connectivity index (χ4n) is 1.89. The molecule has 4 nitrogen and oxygen atoms in total. The van der Waals surface area contributed by atoms with Crippen molar-refractivity contribution in [2.24, 2.45) is 5.92 Å². The minimum atomic E-state index is -1.26. The van der Waals surface area contributed by atoms with Gasteiger partial charge < -0.3 is 9.47 Å². The quantitative estimate of drug-likeness (QED) is 0.377. The number of methoxy groups -OCH3 is 1. The molecule has 1 aromatic rings. The zero-order valence-electron chi connectivity index (χ0n) is 13.4. The molecule has 0 aliphatic heterocycles. The first kappa shape index (κ1) is 18.7. The predicted octanol–water partition coefficient (Wildman–Crippen LogP) is 2.87. The van der Waals surface area contributed by atoms with Crippen LogP contribution in [-0.2, 0) is 25.1 Å². The van der Waals surface area contributed by atoms with Crippen molar-refractivity contribution in [2.45, 2.75) is 25.2 Å². The van der Waals surface area contributed by atoms with Crippen molar-refractivity contribution in [3.63, 3.8) is 0 Å². The highest BCUT2D eigenvalue weighted by Crippen LogP contribution is 2.11. The molecule has 0 aliphatic rings. The summed E-state index contributed by atoms with van der Waals surface area (Å²) in [6.07, 6.45) is 4.19. The summed E-state index contributed by atoms with van der Waals surface area (Å²) in [5.41, 5.74) is 1.11. The summed E-state index contributed by atoms with van der Waals surface area (Å²) < 4.78 is 22.0. The maximum absolute atomic E-state index is 12.1. The fourth-order valence-corrected chi connectivity index (χ4v) is 2.91. The van der Waals surface area contributed by atoms with Crippen LogP contribution in [0, 0.1) is 12.8 Å². The zero-order chi connectivity index (χ0) is 16.4. The molecule has 0 saturated carbocycles. The van der Waals surface area contributed by atoms with Gasteiger partial charge in [0.1, 0.15) is 12.6 Å². The second-order valence-electron chi connectivity index (χ2n) is 5.23. The first-order valence-electron chi connectivity index (χ1n) is 7.23. The largest absolute Gasteiger partial charge is 0.359 e. The van der Waals surface area contributed by atoms with E-state index < -0.39 is 10.8 Å². The molecule has 2 atom stereocenters. The number of benzene rings is 1. The number of hydrogen-bond donors (Lipinski definition) is 0. The molecule has 0 radical (unpaired) electrons. The second-order valence-corrected chi connectivity index (χ2v) is 6.68. The van der Waals surface area contributed by atoms with Crippen LogP contribution in [0.15, 0.2) is 41.3 Å². The Morgan fingerprint density at radius 1 is 1.32 bits per heavy atom. The third-order valence-corrected chi connectivity index (χ3v) is 4.39. The number of ketones is 1. The first-order valence-corrected chi connectivity index (χ1v) is 8.55. The Bertz CT molecular complexity index is 508. The van der Waals surface area contributed by atoms with Crippen molar-refractivity contribution in [2.75, 3.05) is 26.3 Å². The van der Waals surface area contributed by atoms with Gasteiger partial charge in [-0.3, -0.25) is 9.00 Å². The molecule has 0 bridgehead atoms. The smallest absolute Gasteiger partial charge is 0.146 e. The van der Waals surface area contributed by atoms with Crippen LogP contribution < -0.4 is 0 Å². The normalized spacial score (nSPS) is 14.1. The third-order valence-electron chi connectivity index (χ3n) is 3.01. The zero-order valence-corrected chi connectivity index (χ0v) is 14.2. The van der Waals surface area contributed by atoms with Gasteiger partial charge in [-0.05, 0) is 25.0 Å². The summed E-state index contributed by atoms with van der Waals surface area (Å²) in [5.74, 6) is 0.184. The minimum absolute atomic E-state index is 0.00821. The molecule has 1 aromatic carbocycles. The number of allylic oxidation sites excluding steroid dienone is 1. The first-order chi connectivity index (χ1) is 10.5. The van der Waals surface area contributed by atoms with E-state index in [9.17, 15) is 9.00 Å². The molecule has 5 heteroatoms. The van der Waals surface area contributed by atoms with Gasteiger partial charge in [0, 0.05) is 18.4 Å². The van der Waals surface area contributed by atoms with Crippen molar-refractivity contribution in [1.29, 1.82) is 0 Å². The fraction of sp³-hybridized carbons (Fsp3) is 0.471. The molecule has 0 N–H and O–H groups in total. The van der Waals surface area contributed by atoms with Crippen molar-refractivity contribution < 1.29 is 18.5 Å². The molecule has 1 unspecified atom stereocenters. The average molecular weight is 324 g/mol. The second kappa shape index (κ2) is 10.4. The van der Waals surface area contributed by atoms with Crippen LogP contribution in [0.1, 0.15) is 18.9 Å². The lowest BCUT2D eigenvalue weighted by molar-refractivity contribution is -0.117. The highest BCUT2D eigenvalue weighted by Gasteiger charge is 2.12. The van der Waals surface area contributed by atoms with E-state index >= 15 is 0 Å². The Morgan fingerprint density at radius 2 is 2.00 bits per heavy atom. The van der Waals surface area contributed by atoms with E-state index in [1.165, 1.54) is 0 Å². The number of ether oxygens (including phenoxy) is 2. The highest BCUT2D eigenvalue weighted by atomic mass is 32.2. The van der Waals surface area contributed by atoms with Gasteiger partial charge in [0.15, 0.2) is 0 Å². The van der Waals surface area contributed by atoms with Gasteiger partial charge >= 0.3 is 0 Å². The summed E-state index contributed by atoms with van der Waals surface area (Å²) in [6, 6.07) is 7.44. The molecule has 0 spiro atoms. The summed E-state index contributed by atoms with van der Waals surface area (Å²) in [6.45, 7) is 4.65. The van der Waals surface area contributed by atoms with Crippen LogP contribution in [-0.4, -0.2) is 36.3 Å². The molecule has 122 valence electrons. The van der Waals surface area contributed by atoms with E-state index in [1.807, 2.05) is 50.3 Å². The number of aryl methyl sites for hydroxylation is 1. The Kier molecular flexibility index (Phi) is 8.89. The topological polar surface area (TPSA) is 52.6 Å². The van der Waals surface area contributed by atoms with Gasteiger partial charge in [0.05, 0.1) is 23.2 Å². The number of rotatable bonds is 10. The maximum Gasteiger partial charge on any atom is 0.146 e. The van der Waals surface area contributed by atoms with Crippen LogP contribution in [0.4, 0.5) is 0 Å². The molecular formula is C17H24O4S. The lowest BCUT2D eigenvalue weighted by Crippen LogP contribution is -2.13. The van der Waals surface area contributed by atoms with Gasteiger partial charge in [-0.1, -0.05) is 36.8 Å². The van der Waals surface area contributed by atoms with Crippen molar-refractivity contribution >= 4 is 16.6 Å². The van der Waals surface area contributed by atoms with Gasteiger partial charge in [0.2, 0.25) is 0 Å². The molecule has 0 saturated heterocycles. The molecule has 1 rings (SSSR count). The molecule has 0 aromatic heterocycles. The summed E-state index contributed by atoms with van der Waals surface area (Å²) in [4.78, 5) is 12.7. The van der Waals surface area contributed by atoms with Crippen LogP contribution >= 0.6 is 0 Å². The summed E-state index contributed by atoms with van der Waals surface area (Å²) in [5, 5.41) is 0. The Balaban J connectivity index is 2.35. The van der Waals surface area contributed by atoms with Crippen molar-refractivity contribution in [1.82, 2.24) is 0 Å². The van der Waals surface area contributed by atoms with E-state index in [1.54, 1.807) is 7.11 Å². The summed E-state index contributed by atoms with van der Waals surface area (Å²) in [7, 11) is 0.306. The summed E-state index contributed by atoms with van der Waals surface area (Å²) >= 11 is 0. The Labute approximate surface area is 135 Å². The van der Waals surface area contributed by atoms with Gasteiger partial charge in [-0.25, -0.2) is 0 Å². The van der Waals surface area contributed by atoms with Crippen molar-refractivity contribution in [3.8, 4) is 0 Å². The van der Waals surface area contributed by atoms with Crippen LogP contribution in [0.25, 0.3) is 0 Å². The number of hydrogen-bond acceptors (Lipinski definition) is 4. The van der Waals surface area contributed by atoms with E-state index in [2.05, 4.69) is 0 Å². The van der Waals surface area contributed by atoms with E-state index in [0.717, 1.165) is 5.56 Å². The molecule has 0 amide bonds. The molecule has 0 fully saturated rings. The van der Waals surface area contributed by atoms with Crippen molar-refractivity contribution in [3.05, 3.63) is 42.0 Å². The van der Waals surface area contributed by atoms with Gasteiger partial charge in [0.25, 0.3) is 0 Å². The maximum atomic E-state index is 12.1. The molecule has 0 heterocycles.